The molecule has 184 valence electrons. The number of hydrogen-bond acceptors (Lipinski definition) is 5. The van der Waals surface area contributed by atoms with E-state index in [0.29, 0.717) is 16.3 Å². The van der Waals surface area contributed by atoms with Crippen molar-refractivity contribution in [1.82, 2.24) is 10.6 Å². The molecule has 0 radical (unpaired) electrons. The topological polar surface area (TPSA) is 91.7 Å². The molecule has 2 N–H and O–H groups in total. The van der Waals surface area contributed by atoms with Crippen molar-refractivity contribution >= 4 is 34.7 Å². The normalized spacial score (nSPS) is 14.8. The standard InChI is InChI=1S/C27H31N3O4S/c1-18-12-13-19(2)21(16-18)30(24(31)17-28-26(32)23-11-7-15-35-23)25(22-10-6-14-34-22)27(33)29-20-8-4-3-5-9-20/h6-7,10-16,20,25H,3-5,8-9,17H2,1-2H3,(H,28,32)(H,29,33). The van der Waals surface area contributed by atoms with Gasteiger partial charge in [0.1, 0.15) is 5.76 Å². The summed E-state index contributed by atoms with van der Waals surface area (Å²) in [6.45, 7) is 3.59. The van der Waals surface area contributed by atoms with Gasteiger partial charge in [-0.3, -0.25) is 19.3 Å². The lowest BCUT2D eigenvalue weighted by atomic mass is 9.95. The smallest absolute Gasteiger partial charge is 0.261 e. The fraction of sp³-hybridized carbons (Fsp3) is 0.370. The summed E-state index contributed by atoms with van der Waals surface area (Å²) in [4.78, 5) is 41.9. The van der Waals surface area contributed by atoms with Crippen LogP contribution < -0.4 is 15.5 Å². The quantitative estimate of drug-likeness (QED) is 0.466. The molecule has 1 aliphatic carbocycles. The van der Waals surface area contributed by atoms with Gasteiger partial charge in [0.2, 0.25) is 5.91 Å². The van der Waals surface area contributed by atoms with Gasteiger partial charge in [-0.05, 0) is 67.5 Å². The Labute approximate surface area is 209 Å². The number of furan rings is 1. The SMILES string of the molecule is Cc1ccc(C)c(N(C(=O)CNC(=O)c2cccs2)C(C(=O)NC2CCCCC2)c2ccco2)c1. The molecule has 8 heteroatoms. The number of nitrogens with zero attached hydrogens (tertiary/aromatic N) is 1. The van der Waals surface area contributed by atoms with Crippen molar-refractivity contribution < 1.29 is 18.8 Å². The summed E-state index contributed by atoms with van der Waals surface area (Å²) in [5, 5.41) is 7.67. The summed E-state index contributed by atoms with van der Waals surface area (Å²) < 4.78 is 5.67. The van der Waals surface area contributed by atoms with Crippen molar-refractivity contribution in [2.75, 3.05) is 11.4 Å². The van der Waals surface area contributed by atoms with Gasteiger partial charge in [0, 0.05) is 11.7 Å². The number of anilines is 1. The highest BCUT2D eigenvalue weighted by molar-refractivity contribution is 7.12. The summed E-state index contributed by atoms with van der Waals surface area (Å²) in [6.07, 6.45) is 6.66. The van der Waals surface area contributed by atoms with Gasteiger partial charge in [0.25, 0.3) is 11.8 Å². The van der Waals surface area contributed by atoms with E-state index in [-0.39, 0.29) is 24.4 Å². The third kappa shape index (κ3) is 6.00. The minimum atomic E-state index is -1.00. The molecule has 1 fully saturated rings. The van der Waals surface area contributed by atoms with E-state index in [1.54, 1.807) is 24.3 Å². The van der Waals surface area contributed by atoms with E-state index >= 15 is 0 Å². The third-order valence-corrected chi connectivity index (χ3v) is 7.18. The van der Waals surface area contributed by atoms with Gasteiger partial charge in [-0.25, -0.2) is 0 Å². The zero-order chi connectivity index (χ0) is 24.8. The van der Waals surface area contributed by atoms with Crippen molar-refractivity contribution in [1.29, 1.82) is 0 Å². The summed E-state index contributed by atoms with van der Waals surface area (Å²) in [6, 6.07) is 11.8. The van der Waals surface area contributed by atoms with Crippen molar-refractivity contribution in [3.8, 4) is 0 Å². The minimum absolute atomic E-state index is 0.0720. The number of aryl methyl sites for hydroxylation is 2. The lowest BCUT2D eigenvalue weighted by molar-refractivity contribution is -0.127. The van der Waals surface area contributed by atoms with Crippen LogP contribution in [0.5, 0.6) is 0 Å². The van der Waals surface area contributed by atoms with Crippen LogP contribution >= 0.6 is 11.3 Å². The molecular formula is C27H31N3O4S. The zero-order valence-corrected chi connectivity index (χ0v) is 20.9. The Bertz CT molecular complexity index is 1150. The monoisotopic (exact) mass is 493 g/mol. The zero-order valence-electron chi connectivity index (χ0n) is 20.1. The molecule has 4 rings (SSSR count). The Balaban J connectivity index is 1.67. The molecule has 3 amide bonds. The number of thiophene rings is 1. The first-order valence-electron chi connectivity index (χ1n) is 12.0. The van der Waals surface area contributed by atoms with E-state index in [4.69, 9.17) is 4.42 Å². The Kier molecular flexibility index (Phi) is 8.02. The van der Waals surface area contributed by atoms with Crippen LogP contribution in [0.25, 0.3) is 0 Å². The third-order valence-electron chi connectivity index (χ3n) is 6.31. The number of nitrogens with one attached hydrogen (secondary N) is 2. The molecule has 0 bridgehead atoms. The van der Waals surface area contributed by atoms with E-state index in [2.05, 4.69) is 10.6 Å². The molecule has 0 spiro atoms. The first-order chi connectivity index (χ1) is 16.9. The second-order valence-electron chi connectivity index (χ2n) is 8.98. The largest absolute Gasteiger partial charge is 0.467 e. The molecule has 3 aromatic rings. The first kappa shape index (κ1) is 24.7. The molecular weight excluding hydrogens is 462 g/mol. The van der Waals surface area contributed by atoms with Crippen molar-refractivity contribution in [2.24, 2.45) is 0 Å². The van der Waals surface area contributed by atoms with Gasteiger partial charge in [0.05, 0.1) is 17.7 Å². The van der Waals surface area contributed by atoms with Crippen LogP contribution in [0, 0.1) is 13.8 Å². The van der Waals surface area contributed by atoms with E-state index in [1.165, 1.54) is 28.9 Å². The number of amides is 3. The van der Waals surface area contributed by atoms with E-state index in [0.717, 1.165) is 36.8 Å². The maximum atomic E-state index is 13.7. The van der Waals surface area contributed by atoms with Crippen LogP contribution in [-0.4, -0.2) is 30.3 Å². The summed E-state index contributed by atoms with van der Waals surface area (Å²) in [5.74, 6) is -0.637. The second kappa shape index (κ2) is 11.4. The van der Waals surface area contributed by atoms with Gasteiger partial charge >= 0.3 is 0 Å². The molecule has 0 saturated heterocycles. The van der Waals surface area contributed by atoms with E-state index in [9.17, 15) is 14.4 Å². The van der Waals surface area contributed by atoms with Crippen LogP contribution in [0.2, 0.25) is 0 Å². The molecule has 1 atom stereocenters. The van der Waals surface area contributed by atoms with Gasteiger partial charge < -0.3 is 15.1 Å². The van der Waals surface area contributed by atoms with Gasteiger partial charge in [-0.2, -0.15) is 0 Å². The average Bonchev–Trinajstić information content (AvgIpc) is 3.58. The predicted molar refractivity (Wildman–Crippen MR) is 137 cm³/mol. The molecule has 7 nitrogen and oxygen atoms in total. The van der Waals surface area contributed by atoms with Crippen molar-refractivity contribution in [3.05, 3.63) is 75.9 Å². The van der Waals surface area contributed by atoms with E-state index < -0.39 is 11.9 Å². The number of carbonyl (C=O) groups excluding carboxylic acids is 3. The first-order valence-corrected chi connectivity index (χ1v) is 12.9. The van der Waals surface area contributed by atoms with Gasteiger partial charge in [-0.1, -0.05) is 37.5 Å². The molecule has 1 saturated carbocycles. The number of benzene rings is 1. The predicted octanol–water partition coefficient (Wildman–Crippen LogP) is 4.91. The van der Waals surface area contributed by atoms with Crippen LogP contribution in [0.4, 0.5) is 5.69 Å². The number of hydrogen-bond donors (Lipinski definition) is 2. The maximum absolute atomic E-state index is 13.7. The van der Waals surface area contributed by atoms with Crippen LogP contribution in [-0.2, 0) is 9.59 Å². The Hall–Kier alpha value is -3.39. The summed E-state index contributed by atoms with van der Waals surface area (Å²) >= 11 is 1.30. The van der Waals surface area contributed by atoms with Gasteiger partial charge in [0.15, 0.2) is 6.04 Å². The fourth-order valence-electron chi connectivity index (χ4n) is 4.48. The maximum Gasteiger partial charge on any atom is 0.261 e. The highest BCUT2D eigenvalue weighted by Gasteiger charge is 2.36. The molecule has 1 aromatic carbocycles. The molecule has 35 heavy (non-hydrogen) atoms. The van der Waals surface area contributed by atoms with Crippen LogP contribution in [0.3, 0.4) is 0 Å². The lowest BCUT2D eigenvalue weighted by Crippen LogP contribution is -2.49. The molecule has 2 aromatic heterocycles. The van der Waals surface area contributed by atoms with Crippen molar-refractivity contribution in [2.45, 2.75) is 58.0 Å². The van der Waals surface area contributed by atoms with Gasteiger partial charge in [-0.15, -0.1) is 11.3 Å². The minimum Gasteiger partial charge on any atom is -0.467 e. The number of carbonyl (C=O) groups is 3. The summed E-state index contributed by atoms with van der Waals surface area (Å²) in [5.41, 5.74) is 2.41. The Morgan fingerprint density at radius 3 is 2.57 bits per heavy atom. The molecule has 1 aliphatic rings. The Morgan fingerprint density at radius 1 is 1.09 bits per heavy atom. The lowest BCUT2D eigenvalue weighted by Gasteiger charge is -2.33. The molecule has 2 heterocycles. The summed E-state index contributed by atoms with van der Waals surface area (Å²) in [7, 11) is 0. The highest BCUT2D eigenvalue weighted by atomic mass is 32.1. The molecule has 1 unspecified atom stereocenters. The van der Waals surface area contributed by atoms with E-state index in [1.807, 2.05) is 37.4 Å². The molecule has 0 aliphatic heterocycles. The Morgan fingerprint density at radius 2 is 1.89 bits per heavy atom. The number of rotatable bonds is 8. The average molecular weight is 494 g/mol. The second-order valence-corrected chi connectivity index (χ2v) is 9.92. The van der Waals surface area contributed by atoms with Crippen molar-refractivity contribution in [3.63, 3.8) is 0 Å². The highest BCUT2D eigenvalue weighted by Crippen LogP contribution is 2.32. The van der Waals surface area contributed by atoms with Crippen LogP contribution in [0.15, 0.2) is 58.5 Å². The fourth-order valence-corrected chi connectivity index (χ4v) is 5.12. The van der Waals surface area contributed by atoms with Crippen LogP contribution in [0.1, 0.15) is 64.7 Å².